The van der Waals surface area contributed by atoms with E-state index in [1.807, 2.05) is 24.3 Å². The molecule has 0 bridgehead atoms. The van der Waals surface area contributed by atoms with E-state index in [9.17, 15) is 19.2 Å². The van der Waals surface area contributed by atoms with E-state index in [2.05, 4.69) is 35.8 Å². The Hall–Kier alpha value is -5.09. The number of aromatic amines is 2. The molecule has 2 aromatic carbocycles. The lowest BCUT2D eigenvalue weighted by atomic mass is 10.1. The zero-order valence-electron chi connectivity index (χ0n) is 31.4. The summed E-state index contributed by atoms with van der Waals surface area (Å²) >= 11 is 6.94. The van der Waals surface area contributed by atoms with Gasteiger partial charge in [-0.05, 0) is 17.7 Å². The number of fused-ring (bicyclic) bond motifs is 2. The molecule has 1 unspecified atom stereocenters. The van der Waals surface area contributed by atoms with Crippen molar-refractivity contribution in [3.05, 3.63) is 72.1 Å². The first-order valence-corrected chi connectivity index (χ1v) is 22.2. The second-order valence-corrected chi connectivity index (χ2v) is 18.0. The number of thiophene rings is 2. The van der Waals surface area contributed by atoms with E-state index in [0.717, 1.165) is 47.1 Å². The number of ether oxygens (including phenoxy) is 4. The Bertz CT molecular complexity index is 2440. The molecule has 21 heteroatoms. The van der Waals surface area contributed by atoms with Crippen LogP contribution in [0.5, 0.6) is 11.5 Å². The van der Waals surface area contributed by atoms with Gasteiger partial charge in [0.2, 0.25) is 0 Å². The van der Waals surface area contributed by atoms with Crippen LogP contribution in [0.15, 0.2) is 54.9 Å². The molecule has 302 valence electrons. The lowest BCUT2D eigenvalue weighted by molar-refractivity contribution is -0.133. The van der Waals surface area contributed by atoms with E-state index in [1.54, 1.807) is 72.1 Å². The topological polar surface area (TPSA) is 193 Å². The molecule has 2 aliphatic heterocycles. The van der Waals surface area contributed by atoms with Crippen LogP contribution in [0.3, 0.4) is 0 Å². The summed E-state index contributed by atoms with van der Waals surface area (Å²) in [6.45, 7) is 0.998. The van der Waals surface area contributed by atoms with Crippen molar-refractivity contribution >= 4 is 102 Å². The van der Waals surface area contributed by atoms with Crippen molar-refractivity contribution in [3.63, 3.8) is 0 Å². The van der Waals surface area contributed by atoms with Crippen molar-refractivity contribution in [2.45, 2.75) is 16.8 Å². The highest BCUT2D eigenvalue weighted by atomic mass is 32.2. The monoisotopic (exact) mass is 880 g/mol. The molecule has 16 nitrogen and oxygen atoms in total. The molecule has 4 aromatic heterocycles. The second kappa shape index (κ2) is 17.0. The lowest BCUT2D eigenvalue weighted by Gasteiger charge is -2.27. The van der Waals surface area contributed by atoms with E-state index in [1.165, 1.54) is 36.9 Å². The fourth-order valence-corrected chi connectivity index (χ4v) is 12.1. The summed E-state index contributed by atoms with van der Waals surface area (Å²) in [5.74, 6) is 3.83. The standard InChI is InChI=1S/C37H36N8O8S5/c1-50-26-19-14-23(21-16-38-30(40-21)33-44(10-12-54-33)32(46)25(42-35(47)52-3)18-8-6-5-7-9-18)56-28(19)27(51-2)20-15-24(57-29(20)26)22-17-39-31(41-22)34-45(11-13-55-34)37(49)58-43-36(48)53-4/h5-9,14-17,25,33-34H,10-13H2,1-4H3,(H,38,40)(H,39,41)(H,42,47)(H,43,48)/t25?,33-,34-/m0/s1. The van der Waals surface area contributed by atoms with Crippen molar-refractivity contribution in [3.8, 4) is 32.6 Å². The normalized spacial score (nSPS) is 17.1. The maximum atomic E-state index is 14.0. The summed E-state index contributed by atoms with van der Waals surface area (Å²) < 4.78 is 25.7. The van der Waals surface area contributed by atoms with Gasteiger partial charge in [-0.15, -0.1) is 46.2 Å². The Balaban J connectivity index is 1.06. The number of imidazole rings is 2. The summed E-state index contributed by atoms with van der Waals surface area (Å²) in [4.78, 5) is 72.2. The SMILES string of the molecule is COC(=O)NSC(=O)N1CCS[C@H]1c1ncc(-c2cc3c(OC)c4sc(-c5cnc([C@@H]6SCCN6C(=O)C(NC(=O)OC)c6ccccc6)[nH]5)cc4c(OC)c3s2)[nH]1. The number of amides is 4. The van der Waals surface area contributed by atoms with E-state index in [0.29, 0.717) is 59.5 Å². The van der Waals surface area contributed by atoms with Gasteiger partial charge in [0.05, 0.1) is 83.3 Å². The number of rotatable bonds is 9. The van der Waals surface area contributed by atoms with Crippen LogP contribution >= 0.6 is 58.1 Å². The van der Waals surface area contributed by atoms with Crippen molar-refractivity contribution < 1.29 is 38.1 Å². The molecule has 3 atom stereocenters. The van der Waals surface area contributed by atoms with Crippen molar-refractivity contribution in [1.29, 1.82) is 0 Å². The molecule has 8 rings (SSSR count). The molecule has 0 aliphatic carbocycles. The molecular weight excluding hydrogens is 845 g/mol. The van der Waals surface area contributed by atoms with Gasteiger partial charge in [0.25, 0.3) is 5.91 Å². The minimum Gasteiger partial charge on any atom is -0.495 e. The highest BCUT2D eigenvalue weighted by molar-refractivity contribution is 8.12. The predicted molar refractivity (Wildman–Crippen MR) is 228 cm³/mol. The van der Waals surface area contributed by atoms with Gasteiger partial charge >= 0.3 is 17.4 Å². The number of methoxy groups -OCH3 is 4. The van der Waals surface area contributed by atoms with Crippen LogP contribution in [-0.4, -0.2) is 106 Å². The van der Waals surface area contributed by atoms with Crippen LogP contribution in [0, 0.1) is 0 Å². The largest absolute Gasteiger partial charge is 0.495 e. The third kappa shape index (κ3) is 7.51. The Kier molecular flexibility index (Phi) is 11.7. The molecule has 4 amide bonds. The number of carbonyl (C=O) groups excluding carboxylic acids is 4. The number of aromatic nitrogens is 4. The Labute approximate surface area is 352 Å². The molecule has 6 heterocycles. The van der Waals surface area contributed by atoms with Gasteiger partial charge < -0.3 is 44.0 Å². The quantitative estimate of drug-likeness (QED) is 0.103. The maximum Gasteiger partial charge on any atom is 0.417 e. The van der Waals surface area contributed by atoms with Crippen molar-refractivity contribution in [1.82, 2.24) is 39.8 Å². The molecule has 0 spiro atoms. The highest BCUT2D eigenvalue weighted by Gasteiger charge is 2.38. The minimum absolute atomic E-state index is 0.259. The van der Waals surface area contributed by atoms with E-state index < -0.39 is 23.6 Å². The van der Waals surface area contributed by atoms with Crippen LogP contribution in [0.1, 0.15) is 34.0 Å². The van der Waals surface area contributed by atoms with Crippen molar-refractivity contribution in [2.24, 2.45) is 0 Å². The van der Waals surface area contributed by atoms with Crippen molar-refractivity contribution in [2.75, 3.05) is 53.0 Å². The molecule has 0 radical (unpaired) electrons. The first kappa shape index (κ1) is 39.7. The number of benzene rings is 2. The smallest absolute Gasteiger partial charge is 0.417 e. The van der Waals surface area contributed by atoms with Gasteiger partial charge in [-0.2, -0.15) is 0 Å². The Morgan fingerprint density at radius 3 is 1.84 bits per heavy atom. The predicted octanol–water partition coefficient (Wildman–Crippen LogP) is 7.76. The first-order valence-electron chi connectivity index (χ1n) is 17.7. The number of nitrogens with zero attached hydrogens (tertiary/aromatic N) is 4. The maximum absolute atomic E-state index is 14.0. The van der Waals surface area contributed by atoms with Crippen LogP contribution in [0.2, 0.25) is 0 Å². The third-order valence-corrected chi connectivity index (χ3v) is 14.9. The average molecular weight is 881 g/mol. The zero-order chi connectivity index (χ0) is 40.5. The molecule has 2 fully saturated rings. The van der Waals surface area contributed by atoms with E-state index in [4.69, 9.17) is 19.2 Å². The summed E-state index contributed by atoms with van der Waals surface area (Å²) in [5, 5.41) is 3.41. The minimum atomic E-state index is -0.925. The van der Waals surface area contributed by atoms with Crippen LogP contribution in [0.4, 0.5) is 14.4 Å². The Morgan fingerprint density at radius 1 is 0.776 bits per heavy atom. The fraction of sp³-hybridized carbons (Fsp3) is 0.297. The fourth-order valence-electron chi connectivity index (χ4n) is 6.81. The number of hydrogen-bond acceptors (Lipinski definition) is 15. The number of thioether (sulfide) groups is 2. The van der Waals surface area contributed by atoms with E-state index >= 15 is 0 Å². The zero-order valence-corrected chi connectivity index (χ0v) is 35.4. The molecule has 4 N–H and O–H groups in total. The summed E-state index contributed by atoms with van der Waals surface area (Å²) in [6, 6.07) is 12.3. The lowest BCUT2D eigenvalue weighted by Crippen LogP contribution is -2.42. The van der Waals surface area contributed by atoms with Crippen LogP contribution < -0.4 is 19.5 Å². The van der Waals surface area contributed by atoms with Crippen LogP contribution in [0.25, 0.3) is 41.3 Å². The molecule has 0 saturated carbocycles. The second-order valence-electron chi connectivity index (χ2n) is 12.8. The van der Waals surface area contributed by atoms with E-state index in [-0.39, 0.29) is 16.5 Å². The molecule has 2 aliphatic rings. The number of nitrogens with one attached hydrogen (secondary N) is 4. The van der Waals surface area contributed by atoms with Crippen LogP contribution in [-0.2, 0) is 14.3 Å². The van der Waals surface area contributed by atoms with Gasteiger partial charge in [0, 0.05) is 35.4 Å². The number of alkyl carbamates (subject to hydrolysis) is 1. The average Bonchev–Trinajstić information content (AvgIpc) is 4.10. The third-order valence-electron chi connectivity index (χ3n) is 9.50. The molecule has 6 aromatic rings. The van der Waals surface area contributed by atoms with Gasteiger partial charge in [-0.25, -0.2) is 19.6 Å². The van der Waals surface area contributed by atoms with Gasteiger partial charge in [-0.3, -0.25) is 14.3 Å². The van der Waals surface area contributed by atoms with Gasteiger partial charge in [-0.1, -0.05) is 30.3 Å². The van der Waals surface area contributed by atoms with Gasteiger partial charge in [0.15, 0.2) is 0 Å². The molecule has 2 saturated heterocycles. The first-order chi connectivity index (χ1) is 28.2. The summed E-state index contributed by atoms with van der Waals surface area (Å²) in [6.07, 6.45) is 2.13. The Morgan fingerprint density at radius 2 is 1.31 bits per heavy atom. The highest BCUT2D eigenvalue weighted by Crippen LogP contribution is 2.52. The summed E-state index contributed by atoms with van der Waals surface area (Å²) in [5.41, 5.74) is 2.21. The summed E-state index contributed by atoms with van der Waals surface area (Å²) in [7, 11) is 5.81. The number of carbonyl (C=O) groups is 4. The molecule has 58 heavy (non-hydrogen) atoms. The van der Waals surface area contributed by atoms with Gasteiger partial charge in [0.1, 0.15) is 39.9 Å². The molecular formula is C37H36N8O8S5. The number of H-pyrrole nitrogens is 2. The number of hydrogen-bond donors (Lipinski definition) is 4.